The van der Waals surface area contributed by atoms with Crippen molar-refractivity contribution in [2.75, 3.05) is 38.1 Å². The highest BCUT2D eigenvalue weighted by Crippen LogP contribution is 2.16. The molecule has 0 aliphatic carbocycles. The van der Waals surface area contributed by atoms with Crippen LogP contribution in [0.2, 0.25) is 0 Å². The molecule has 2 aliphatic heterocycles. The molecule has 2 aromatic rings. The fourth-order valence-electron chi connectivity index (χ4n) is 3.80. The third-order valence-corrected chi connectivity index (χ3v) is 5.25. The number of nitrogens with one attached hydrogen (secondary N) is 1. The molecule has 2 aliphatic rings. The zero-order chi connectivity index (χ0) is 17.8. The summed E-state index contributed by atoms with van der Waals surface area (Å²) in [6.07, 6.45) is 3.48. The molecule has 1 aromatic carbocycles. The van der Waals surface area contributed by atoms with Crippen molar-refractivity contribution in [1.82, 2.24) is 25.0 Å². The summed E-state index contributed by atoms with van der Waals surface area (Å²) in [4.78, 5) is 9.23. The van der Waals surface area contributed by atoms with Gasteiger partial charge in [0.1, 0.15) is 5.82 Å². The Morgan fingerprint density at radius 2 is 1.85 bits per heavy atom. The van der Waals surface area contributed by atoms with Crippen molar-refractivity contribution in [3.8, 4) is 0 Å². The second-order valence-electron chi connectivity index (χ2n) is 6.85. The standard InChI is InChI=1S/C19H27N7/c1-20-19(21-15-18-23-22-17-9-5-6-10-26(17)18)25-13-11-24(12-14-25)16-7-3-2-4-8-16/h2-4,7-8H,5-6,9-15H2,1H3,(H,20,21). The SMILES string of the molecule is CN=C(NCc1nnc2n1CCCC2)N1CCN(c2ccccc2)CC1. The van der Waals surface area contributed by atoms with Crippen molar-refractivity contribution in [2.45, 2.75) is 32.4 Å². The number of guanidine groups is 1. The Hall–Kier alpha value is -2.57. The van der Waals surface area contributed by atoms with Crippen LogP contribution in [0.4, 0.5) is 5.69 Å². The fraction of sp³-hybridized carbons (Fsp3) is 0.526. The van der Waals surface area contributed by atoms with E-state index < -0.39 is 0 Å². The van der Waals surface area contributed by atoms with Crippen LogP contribution in [0.3, 0.4) is 0 Å². The minimum Gasteiger partial charge on any atom is -0.368 e. The fourth-order valence-corrected chi connectivity index (χ4v) is 3.80. The zero-order valence-electron chi connectivity index (χ0n) is 15.4. The predicted molar refractivity (Wildman–Crippen MR) is 103 cm³/mol. The molecule has 1 saturated heterocycles. The Bertz CT molecular complexity index is 745. The topological polar surface area (TPSA) is 61.6 Å². The Labute approximate surface area is 154 Å². The quantitative estimate of drug-likeness (QED) is 0.669. The third kappa shape index (κ3) is 3.52. The van der Waals surface area contributed by atoms with Crippen LogP contribution in [0.5, 0.6) is 0 Å². The summed E-state index contributed by atoms with van der Waals surface area (Å²) >= 11 is 0. The van der Waals surface area contributed by atoms with E-state index in [4.69, 9.17) is 0 Å². The maximum Gasteiger partial charge on any atom is 0.194 e. The van der Waals surface area contributed by atoms with E-state index in [1.807, 2.05) is 7.05 Å². The Balaban J connectivity index is 1.33. The average Bonchev–Trinajstić information content (AvgIpc) is 3.13. The first-order chi connectivity index (χ1) is 12.8. The van der Waals surface area contributed by atoms with E-state index in [0.717, 1.165) is 56.8 Å². The van der Waals surface area contributed by atoms with Crippen molar-refractivity contribution < 1.29 is 0 Å². The summed E-state index contributed by atoms with van der Waals surface area (Å²) < 4.78 is 2.26. The van der Waals surface area contributed by atoms with Gasteiger partial charge in [-0.15, -0.1) is 10.2 Å². The monoisotopic (exact) mass is 353 g/mol. The number of hydrogen-bond acceptors (Lipinski definition) is 4. The minimum absolute atomic E-state index is 0.679. The highest BCUT2D eigenvalue weighted by molar-refractivity contribution is 5.80. The van der Waals surface area contributed by atoms with E-state index in [0.29, 0.717) is 6.54 Å². The number of hydrogen-bond donors (Lipinski definition) is 1. The van der Waals surface area contributed by atoms with Crippen LogP contribution in [0.1, 0.15) is 24.5 Å². The van der Waals surface area contributed by atoms with Crippen LogP contribution in [0.25, 0.3) is 0 Å². The number of nitrogens with zero attached hydrogens (tertiary/aromatic N) is 6. The first-order valence-corrected chi connectivity index (χ1v) is 9.51. The van der Waals surface area contributed by atoms with Gasteiger partial charge < -0.3 is 19.7 Å². The van der Waals surface area contributed by atoms with E-state index in [1.54, 1.807) is 0 Å². The Morgan fingerprint density at radius 3 is 2.62 bits per heavy atom. The van der Waals surface area contributed by atoms with Crippen molar-refractivity contribution in [2.24, 2.45) is 4.99 Å². The molecule has 1 fully saturated rings. The smallest absolute Gasteiger partial charge is 0.194 e. The highest BCUT2D eigenvalue weighted by atomic mass is 15.4. The first-order valence-electron chi connectivity index (χ1n) is 9.51. The molecule has 1 aromatic heterocycles. The van der Waals surface area contributed by atoms with Crippen LogP contribution in [-0.4, -0.2) is 58.9 Å². The van der Waals surface area contributed by atoms with Gasteiger partial charge in [0.05, 0.1) is 6.54 Å². The average molecular weight is 353 g/mol. The lowest BCUT2D eigenvalue weighted by atomic mass is 10.2. The molecule has 0 bridgehead atoms. The van der Waals surface area contributed by atoms with Crippen molar-refractivity contribution in [3.63, 3.8) is 0 Å². The Kier molecular flexibility index (Phi) is 5.04. The van der Waals surface area contributed by atoms with Gasteiger partial charge >= 0.3 is 0 Å². The van der Waals surface area contributed by atoms with Crippen molar-refractivity contribution in [3.05, 3.63) is 42.0 Å². The largest absolute Gasteiger partial charge is 0.368 e. The third-order valence-electron chi connectivity index (χ3n) is 5.25. The van der Waals surface area contributed by atoms with Gasteiger partial charge in [-0.2, -0.15) is 0 Å². The van der Waals surface area contributed by atoms with Crippen LogP contribution in [0.15, 0.2) is 35.3 Å². The number of rotatable bonds is 3. The summed E-state index contributed by atoms with van der Waals surface area (Å²) in [7, 11) is 1.85. The van der Waals surface area contributed by atoms with Crippen LogP contribution >= 0.6 is 0 Å². The van der Waals surface area contributed by atoms with Gasteiger partial charge in [-0.1, -0.05) is 18.2 Å². The predicted octanol–water partition coefficient (Wildman–Crippen LogP) is 1.51. The van der Waals surface area contributed by atoms with E-state index >= 15 is 0 Å². The second kappa shape index (κ2) is 7.76. The number of fused-ring (bicyclic) bond motifs is 1. The lowest BCUT2D eigenvalue weighted by molar-refractivity contribution is 0.371. The molecule has 1 N–H and O–H groups in total. The molecule has 0 amide bonds. The molecule has 26 heavy (non-hydrogen) atoms. The maximum atomic E-state index is 4.48. The molecule has 0 radical (unpaired) electrons. The van der Waals surface area contributed by atoms with Gasteiger partial charge in [-0.25, -0.2) is 0 Å². The van der Waals surface area contributed by atoms with Crippen molar-refractivity contribution in [1.29, 1.82) is 0 Å². The number of para-hydroxylation sites is 1. The molecule has 0 spiro atoms. The number of aliphatic imine (C=N–C) groups is 1. The first kappa shape index (κ1) is 16.9. The van der Waals surface area contributed by atoms with Gasteiger partial charge in [0.2, 0.25) is 0 Å². The van der Waals surface area contributed by atoms with Crippen molar-refractivity contribution >= 4 is 11.6 Å². The van der Waals surface area contributed by atoms with Gasteiger partial charge in [0.25, 0.3) is 0 Å². The molecule has 3 heterocycles. The summed E-state index contributed by atoms with van der Waals surface area (Å²) in [6, 6.07) is 10.6. The minimum atomic E-state index is 0.679. The molecule has 7 heteroatoms. The molecule has 138 valence electrons. The summed E-state index contributed by atoms with van der Waals surface area (Å²) in [5.41, 5.74) is 1.30. The van der Waals surface area contributed by atoms with E-state index in [9.17, 15) is 0 Å². The number of anilines is 1. The maximum absolute atomic E-state index is 4.48. The second-order valence-corrected chi connectivity index (χ2v) is 6.85. The lowest BCUT2D eigenvalue weighted by Crippen LogP contribution is -2.52. The van der Waals surface area contributed by atoms with E-state index in [-0.39, 0.29) is 0 Å². The lowest BCUT2D eigenvalue weighted by Gasteiger charge is -2.37. The highest BCUT2D eigenvalue weighted by Gasteiger charge is 2.21. The molecule has 0 unspecified atom stereocenters. The summed E-state index contributed by atoms with van der Waals surface area (Å²) in [5.74, 6) is 3.09. The number of benzene rings is 1. The van der Waals surface area contributed by atoms with Gasteiger partial charge in [0.15, 0.2) is 11.8 Å². The van der Waals surface area contributed by atoms with Gasteiger partial charge in [-0.3, -0.25) is 4.99 Å². The molecular weight excluding hydrogens is 326 g/mol. The van der Waals surface area contributed by atoms with E-state index in [2.05, 4.69) is 65.2 Å². The molecule has 4 rings (SSSR count). The molecule has 0 atom stereocenters. The molecular formula is C19H27N7. The summed E-state index contributed by atoms with van der Waals surface area (Å²) in [5, 5.41) is 12.2. The number of piperazine rings is 1. The van der Waals surface area contributed by atoms with Crippen LogP contribution < -0.4 is 10.2 Å². The van der Waals surface area contributed by atoms with E-state index in [1.165, 1.54) is 18.5 Å². The molecule has 0 saturated carbocycles. The Morgan fingerprint density at radius 1 is 1.04 bits per heavy atom. The summed E-state index contributed by atoms with van der Waals surface area (Å²) in [6.45, 7) is 5.65. The normalized spacial score (nSPS) is 18.0. The zero-order valence-corrected chi connectivity index (χ0v) is 15.4. The molecule has 7 nitrogen and oxygen atoms in total. The number of aryl methyl sites for hydroxylation is 1. The van der Waals surface area contributed by atoms with Crippen LogP contribution in [0, 0.1) is 0 Å². The van der Waals surface area contributed by atoms with Gasteiger partial charge in [-0.05, 0) is 25.0 Å². The van der Waals surface area contributed by atoms with Gasteiger partial charge in [0, 0.05) is 51.9 Å². The van der Waals surface area contributed by atoms with Crippen LogP contribution in [-0.2, 0) is 19.5 Å². The number of aromatic nitrogens is 3.